The Hall–Kier alpha value is -2.75. The number of ether oxygens (including phenoxy) is 1. The molecule has 36 heavy (non-hydrogen) atoms. The van der Waals surface area contributed by atoms with E-state index >= 15 is 0 Å². The molecule has 2 amide bonds. The van der Waals surface area contributed by atoms with Crippen molar-refractivity contribution < 1.29 is 14.3 Å². The molecule has 0 spiro atoms. The number of anilines is 1. The van der Waals surface area contributed by atoms with Crippen LogP contribution in [0.15, 0.2) is 47.6 Å². The maximum Gasteiger partial charge on any atom is 0.253 e. The van der Waals surface area contributed by atoms with Crippen LogP contribution in [0.1, 0.15) is 49.4 Å². The summed E-state index contributed by atoms with van der Waals surface area (Å²) in [6.07, 6.45) is 0.645. The van der Waals surface area contributed by atoms with Gasteiger partial charge in [0.25, 0.3) is 5.91 Å². The summed E-state index contributed by atoms with van der Waals surface area (Å²) in [5.41, 5.74) is 1.01. The summed E-state index contributed by atoms with van der Waals surface area (Å²) in [5.74, 6) is 1.28. The molecule has 8 nitrogen and oxygen atoms in total. The number of carbonyl (C=O) groups excluding carboxylic acids is 2. The van der Waals surface area contributed by atoms with E-state index in [1.54, 1.807) is 28.8 Å². The maximum absolute atomic E-state index is 12.9. The highest BCUT2D eigenvalue weighted by Gasteiger charge is 2.24. The lowest BCUT2D eigenvalue weighted by atomic mass is 10.0. The topological polar surface area (TPSA) is 98.1 Å². The molecule has 0 aliphatic heterocycles. The molecule has 2 aromatic carbocycles. The van der Waals surface area contributed by atoms with Crippen LogP contribution in [0.2, 0.25) is 10.0 Å². The predicted molar refractivity (Wildman–Crippen MR) is 144 cm³/mol. The Labute approximate surface area is 225 Å². The minimum absolute atomic E-state index is 0.154. The molecule has 0 saturated carbocycles. The van der Waals surface area contributed by atoms with Crippen LogP contribution in [-0.2, 0) is 11.8 Å². The number of nitrogens with one attached hydrogen (secondary N) is 2. The van der Waals surface area contributed by atoms with Crippen LogP contribution in [0.4, 0.5) is 5.69 Å². The van der Waals surface area contributed by atoms with E-state index in [0.29, 0.717) is 40.3 Å². The molecule has 1 heterocycles. The second-order valence-electron chi connectivity index (χ2n) is 8.47. The first kappa shape index (κ1) is 27.8. The number of hydrogen-bond acceptors (Lipinski definition) is 6. The molecule has 2 N–H and O–H groups in total. The van der Waals surface area contributed by atoms with Gasteiger partial charge in [-0.05, 0) is 61.7 Å². The normalized spacial score (nSPS) is 11.9. The zero-order valence-corrected chi connectivity index (χ0v) is 22.9. The molecule has 0 aliphatic carbocycles. The third-order valence-corrected chi connectivity index (χ3v) is 6.72. The van der Waals surface area contributed by atoms with Gasteiger partial charge in [0.05, 0.1) is 29.0 Å². The second-order valence-corrected chi connectivity index (χ2v) is 10.3. The first-order valence-corrected chi connectivity index (χ1v) is 13.2. The van der Waals surface area contributed by atoms with Gasteiger partial charge in [0.1, 0.15) is 5.75 Å². The van der Waals surface area contributed by atoms with Crippen LogP contribution in [0.5, 0.6) is 5.75 Å². The van der Waals surface area contributed by atoms with E-state index in [2.05, 4.69) is 34.7 Å². The molecule has 0 bridgehead atoms. The fourth-order valence-electron chi connectivity index (χ4n) is 3.49. The molecule has 0 fully saturated rings. The number of rotatable bonds is 11. The lowest BCUT2D eigenvalue weighted by Gasteiger charge is -2.20. The molecule has 11 heteroatoms. The van der Waals surface area contributed by atoms with Gasteiger partial charge in [0.15, 0.2) is 11.0 Å². The van der Waals surface area contributed by atoms with Crippen LogP contribution >= 0.6 is 35.0 Å². The van der Waals surface area contributed by atoms with Crippen LogP contribution in [0.3, 0.4) is 0 Å². The molecule has 0 saturated heterocycles. The van der Waals surface area contributed by atoms with E-state index in [1.807, 2.05) is 26.1 Å². The Morgan fingerprint density at radius 3 is 2.47 bits per heavy atom. The lowest BCUT2D eigenvalue weighted by Crippen LogP contribution is -2.31. The minimum Gasteiger partial charge on any atom is -0.494 e. The van der Waals surface area contributed by atoms with Gasteiger partial charge in [0.2, 0.25) is 5.91 Å². The third-order valence-electron chi connectivity index (χ3n) is 5.15. The van der Waals surface area contributed by atoms with Crippen molar-refractivity contribution in [3.05, 3.63) is 63.9 Å². The molecule has 1 atom stereocenters. The SMILES string of the molecule is CCOc1ccc(NC(=O)CSc2nnc([C@H](CC(C)C)NC(=O)c3ccc(Cl)cc3Cl)n2C)cc1. The zero-order valence-electron chi connectivity index (χ0n) is 20.5. The monoisotopic (exact) mass is 549 g/mol. The van der Waals surface area contributed by atoms with E-state index in [9.17, 15) is 9.59 Å². The summed E-state index contributed by atoms with van der Waals surface area (Å²) < 4.78 is 7.21. The van der Waals surface area contributed by atoms with Crippen molar-refractivity contribution in [3.8, 4) is 5.75 Å². The molecule has 0 aliphatic rings. The highest BCUT2D eigenvalue weighted by Crippen LogP contribution is 2.26. The van der Waals surface area contributed by atoms with Crippen molar-refractivity contribution in [2.24, 2.45) is 13.0 Å². The quantitative estimate of drug-likeness (QED) is 0.294. The van der Waals surface area contributed by atoms with Gasteiger partial charge in [-0.25, -0.2) is 0 Å². The Kier molecular flexibility index (Phi) is 10.0. The molecule has 1 aromatic heterocycles. The number of amides is 2. The Balaban J connectivity index is 1.66. The van der Waals surface area contributed by atoms with E-state index in [0.717, 1.165) is 5.75 Å². The number of benzene rings is 2. The Morgan fingerprint density at radius 1 is 1.11 bits per heavy atom. The summed E-state index contributed by atoms with van der Waals surface area (Å²) in [7, 11) is 1.82. The average Bonchev–Trinajstić information content (AvgIpc) is 3.18. The fourth-order valence-corrected chi connectivity index (χ4v) is 4.71. The standard InChI is InChI=1S/C25H29Cl2N5O3S/c1-5-35-18-9-7-17(8-10-18)28-22(33)14-36-25-31-30-23(32(25)4)21(12-15(2)3)29-24(34)19-11-6-16(26)13-20(19)27/h6-11,13,15,21H,5,12,14H2,1-4H3,(H,28,33)(H,29,34)/t21-/m0/s1. The third kappa shape index (κ3) is 7.62. The first-order valence-electron chi connectivity index (χ1n) is 11.5. The summed E-state index contributed by atoms with van der Waals surface area (Å²) in [6, 6.07) is 11.5. The molecule has 3 rings (SSSR count). The number of carbonyl (C=O) groups is 2. The molecular formula is C25H29Cl2N5O3S. The van der Waals surface area contributed by atoms with Gasteiger partial charge >= 0.3 is 0 Å². The first-order chi connectivity index (χ1) is 17.2. The smallest absolute Gasteiger partial charge is 0.253 e. The van der Waals surface area contributed by atoms with Gasteiger partial charge in [0, 0.05) is 17.8 Å². The van der Waals surface area contributed by atoms with Gasteiger partial charge in [-0.2, -0.15) is 0 Å². The van der Waals surface area contributed by atoms with Crippen molar-refractivity contribution in [2.45, 2.75) is 38.4 Å². The predicted octanol–water partition coefficient (Wildman–Crippen LogP) is 5.77. The van der Waals surface area contributed by atoms with Crippen LogP contribution in [0, 0.1) is 5.92 Å². The number of aromatic nitrogens is 3. The molecule has 0 radical (unpaired) electrons. The highest BCUT2D eigenvalue weighted by atomic mass is 35.5. The van der Waals surface area contributed by atoms with Crippen molar-refractivity contribution >= 4 is 52.5 Å². The van der Waals surface area contributed by atoms with E-state index < -0.39 is 6.04 Å². The van der Waals surface area contributed by atoms with E-state index in [-0.39, 0.29) is 28.5 Å². The van der Waals surface area contributed by atoms with Crippen molar-refractivity contribution in [2.75, 3.05) is 17.7 Å². The van der Waals surface area contributed by atoms with Crippen molar-refractivity contribution in [1.29, 1.82) is 0 Å². The summed E-state index contributed by atoms with van der Waals surface area (Å²) in [6.45, 7) is 6.62. The Bertz CT molecular complexity index is 1200. The number of hydrogen-bond donors (Lipinski definition) is 2. The van der Waals surface area contributed by atoms with Crippen LogP contribution in [0.25, 0.3) is 0 Å². The largest absolute Gasteiger partial charge is 0.494 e. The maximum atomic E-state index is 12.9. The van der Waals surface area contributed by atoms with Gasteiger partial charge in [-0.3, -0.25) is 9.59 Å². The van der Waals surface area contributed by atoms with E-state index in [1.165, 1.54) is 17.8 Å². The summed E-state index contributed by atoms with van der Waals surface area (Å²) >= 11 is 13.4. The minimum atomic E-state index is -0.395. The lowest BCUT2D eigenvalue weighted by molar-refractivity contribution is -0.113. The van der Waals surface area contributed by atoms with Gasteiger partial charge < -0.3 is 19.9 Å². The molecule has 3 aromatic rings. The van der Waals surface area contributed by atoms with Gasteiger partial charge in [-0.1, -0.05) is 48.8 Å². The summed E-state index contributed by atoms with van der Waals surface area (Å²) in [4.78, 5) is 25.4. The fraction of sp³-hybridized carbons (Fsp3) is 0.360. The molecule has 192 valence electrons. The molecule has 0 unspecified atom stereocenters. The molecular weight excluding hydrogens is 521 g/mol. The van der Waals surface area contributed by atoms with E-state index in [4.69, 9.17) is 27.9 Å². The highest BCUT2D eigenvalue weighted by molar-refractivity contribution is 7.99. The second kappa shape index (κ2) is 13.0. The summed E-state index contributed by atoms with van der Waals surface area (Å²) in [5, 5.41) is 15.7. The number of nitrogens with zero attached hydrogens (tertiary/aromatic N) is 3. The van der Waals surface area contributed by atoms with Gasteiger partial charge in [-0.15, -0.1) is 10.2 Å². The van der Waals surface area contributed by atoms with Crippen molar-refractivity contribution in [1.82, 2.24) is 20.1 Å². The van der Waals surface area contributed by atoms with Crippen LogP contribution in [-0.4, -0.2) is 38.9 Å². The van der Waals surface area contributed by atoms with Crippen LogP contribution < -0.4 is 15.4 Å². The zero-order chi connectivity index (χ0) is 26.2. The number of halogens is 2. The number of thioether (sulfide) groups is 1. The average molecular weight is 551 g/mol. The van der Waals surface area contributed by atoms with Crippen molar-refractivity contribution in [3.63, 3.8) is 0 Å². The Morgan fingerprint density at radius 2 is 1.83 bits per heavy atom.